The van der Waals surface area contributed by atoms with Gasteiger partial charge in [-0.3, -0.25) is 0 Å². The maximum absolute atomic E-state index is 3.68. The summed E-state index contributed by atoms with van der Waals surface area (Å²) >= 11 is 0. The average Bonchev–Trinajstić information content (AvgIpc) is 2.75. The Labute approximate surface area is 124 Å². The lowest BCUT2D eigenvalue weighted by Crippen LogP contribution is -2.38. The van der Waals surface area contributed by atoms with Gasteiger partial charge in [0.1, 0.15) is 0 Å². The van der Waals surface area contributed by atoms with E-state index in [1.54, 1.807) is 0 Å². The number of nitrogens with zero attached hydrogens (tertiary/aromatic N) is 1. The molecule has 1 aromatic carbocycles. The third kappa shape index (κ3) is 3.99. The number of hydrogen-bond acceptors (Lipinski definition) is 2. The predicted octanol–water partition coefficient (Wildman–Crippen LogP) is 4.00. The van der Waals surface area contributed by atoms with Crippen molar-refractivity contribution in [1.29, 1.82) is 0 Å². The summed E-state index contributed by atoms with van der Waals surface area (Å²) in [6, 6.07) is 10.1. The fourth-order valence-electron chi connectivity index (χ4n) is 3.20. The van der Waals surface area contributed by atoms with Crippen molar-refractivity contribution >= 4 is 5.69 Å². The van der Waals surface area contributed by atoms with E-state index in [0.29, 0.717) is 12.1 Å². The van der Waals surface area contributed by atoms with Crippen LogP contribution in [-0.4, -0.2) is 25.2 Å². The summed E-state index contributed by atoms with van der Waals surface area (Å²) in [5, 5.41) is 3.68. The predicted molar refractivity (Wildman–Crippen MR) is 88.6 cm³/mol. The molecule has 2 nitrogen and oxygen atoms in total. The lowest BCUT2D eigenvalue weighted by molar-refractivity contribution is 0.485. The zero-order valence-electron chi connectivity index (χ0n) is 13.4. The van der Waals surface area contributed by atoms with Gasteiger partial charge in [0.25, 0.3) is 0 Å². The van der Waals surface area contributed by atoms with Gasteiger partial charge in [-0.05, 0) is 38.3 Å². The Morgan fingerprint density at radius 2 is 2.10 bits per heavy atom. The van der Waals surface area contributed by atoms with Crippen LogP contribution in [-0.2, 0) is 6.42 Å². The smallest absolute Gasteiger partial charge is 0.0402 e. The third-order valence-electron chi connectivity index (χ3n) is 4.43. The Balaban J connectivity index is 1.74. The molecule has 0 fully saturated rings. The van der Waals surface area contributed by atoms with Crippen LogP contribution < -0.4 is 10.2 Å². The Morgan fingerprint density at radius 3 is 2.90 bits per heavy atom. The Hall–Kier alpha value is -1.02. The van der Waals surface area contributed by atoms with Gasteiger partial charge >= 0.3 is 0 Å². The molecule has 2 unspecified atom stereocenters. The van der Waals surface area contributed by atoms with Gasteiger partial charge < -0.3 is 10.2 Å². The van der Waals surface area contributed by atoms with Crippen LogP contribution in [0.1, 0.15) is 52.0 Å². The molecular weight excluding hydrogens is 244 g/mol. The summed E-state index contributed by atoms with van der Waals surface area (Å²) in [6.07, 6.45) is 6.53. The zero-order chi connectivity index (χ0) is 14.4. The Morgan fingerprint density at radius 1 is 1.30 bits per heavy atom. The second-order valence-electron chi connectivity index (χ2n) is 6.23. The van der Waals surface area contributed by atoms with E-state index >= 15 is 0 Å². The summed E-state index contributed by atoms with van der Waals surface area (Å²) in [7, 11) is 0. The molecule has 112 valence electrons. The average molecular weight is 274 g/mol. The monoisotopic (exact) mass is 274 g/mol. The summed E-state index contributed by atoms with van der Waals surface area (Å²) in [5.74, 6) is 0. The number of rotatable bonds is 8. The lowest BCUT2D eigenvalue weighted by Gasteiger charge is -2.26. The van der Waals surface area contributed by atoms with Crippen molar-refractivity contribution in [2.24, 2.45) is 0 Å². The fourth-order valence-corrected chi connectivity index (χ4v) is 3.20. The first-order chi connectivity index (χ1) is 9.72. The number of benzene rings is 1. The standard InChI is InChI=1S/C18H30N2/c1-4-5-6-9-15(2)19-12-13-20-16(3)14-17-10-7-8-11-18(17)20/h7-8,10-11,15-16,19H,4-6,9,12-14H2,1-3H3. The second kappa shape index (κ2) is 7.68. The Bertz CT molecular complexity index is 402. The highest BCUT2D eigenvalue weighted by molar-refractivity contribution is 5.59. The van der Waals surface area contributed by atoms with Crippen LogP contribution in [0.3, 0.4) is 0 Å². The quantitative estimate of drug-likeness (QED) is 0.721. The topological polar surface area (TPSA) is 15.3 Å². The van der Waals surface area contributed by atoms with Gasteiger partial charge in [-0.15, -0.1) is 0 Å². The van der Waals surface area contributed by atoms with E-state index in [4.69, 9.17) is 0 Å². The minimum absolute atomic E-state index is 0.643. The van der Waals surface area contributed by atoms with Gasteiger partial charge in [0, 0.05) is 30.9 Å². The molecule has 0 amide bonds. The molecule has 0 bridgehead atoms. The highest BCUT2D eigenvalue weighted by atomic mass is 15.2. The summed E-state index contributed by atoms with van der Waals surface area (Å²) in [5.41, 5.74) is 2.96. The van der Waals surface area contributed by atoms with Crippen molar-refractivity contribution in [2.75, 3.05) is 18.0 Å². The number of fused-ring (bicyclic) bond motifs is 1. The molecule has 1 N–H and O–H groups in total. The molecule has 0 aliphatic carbocycles. The van der Waals surface area contributed by atoms with Crippen LogP contribution in [0, 0.1) is 0 Å². The summed E-state index contributed by atoms with van der Waals surface area (Å²) in [4.78, 5) is 2.56. The maximum atomic E-state index is 3.68. The molecule has 0 saturated heterocycles. The van der Waals surface area contributed by atoms with Crippen molar-refractivity contribution in [3.05, 3.63) is 29.8 Å². The molecule has 1 aromatic rings. The van der Waals surface area contributed by atoms with Gasteiger partial charge in [0.15, 0.2) is 0 Å². The van der Waals surface area contributed by atoms with Gasteiger partial charge in [-0.25, -0.2) is 0 Å². The fraction of sp³-hybridized carbons (Fsp3) is 0.667. The number of unbranched alkanes of at least 4 members (excludes halogenated alkanes) is 2. The van der Waals surface area contributed by atoms with Gasteiger partial charge in [-0.1, -0.05) is 44.4 Å². The minimum Gasteiger partial charge on any atom is -0.367 e. The van der Waals surface area contributed by atoms with Crippen molar-refractivity contribution in [3.8, 4) is 0 Å². The molecule has 2 rings (SSSR count). The molecule has 0 radical (unpaired) electrons. The van der Waals surface area contributed by atoms with Gasteiger partial charge in [-0.2, -0.15) is 0 Å². The highest BCUT2D eigenvalue weighted by Gasteiger charge is 2.24. The number of nitrogens with one attached hydrogen (secondary N) is 1. The summed E-state index contributed by atoms with van der Waals surface area (Å²) in [6.45, 7) is 9.13. The molecule has 0 aromatic heterocycles. The van der Waals surface area contributed by atoms with Crippen molar-refractivity contribution in [2.45, 2.75) is 65.0 Å². The minimum atomic E-state index is 0.643. The largest absolute Gasteiger partial charge is 0.367 e. The third-order valence-corrected chi connectivity index (χ3v) is 4.43. The van der Waals surface area contributed by atoms with Crippen LogP contribution in [0.15, 0.2) is 24.3 Å². The molecule has 2 atom stereocenters. The van der Waals surface area contributed by atoms with E-state index in [-0.39, 0.29) is 0 Å². The van der Waals surface area contributed by atoms with E-state index in [0.717, 1.165) is 13.1 Å². The van der Waals surface area contributed by atoms with Crippen LogP contribution in [0.25, 0.3) is 0 Å². The number of para-hydroxylation sites is 1. The van der Waals surface area contributed by atoms with Crippen LogP contribution in [0.2, 0.25) is 0 Å². The van der Waals surface area contributed by atoms with Gasteiger partial charge in [0.05, 0.1) is 0 Å². The highest BCUT2D eigenvalue weighted by Crippen LogP contribution is 2.31. The molecule has 1 aliphatic heterocycles. The molecule has 2 heteroatoms. The van der Waals surface area contributed by atoms with E-state index in [1.165, 1.54) is 43.4 Å². The number of anilines is 1. The first-order valence-corrected chi connectivity index (χ1v) is 8.30. The molecule has 1 aliphatic rings. The van der Waals surface area contributed by atoms with Crippen LogP contribution in [0.4, 0.5) is 5.69 Å². The molecular formula is C18H30N2. The van der Waals surface area contributed by atoms with Crippen LogP contribution >= 0.6 is 0 Å². The molecule has 1 heterocycles. The molecule has 20 heavy (non-hydrogen) atoms. The van der Waals surface area contributed by atoms with E-state index in [2.05, 4.69) is 55.3 Å². The van der Waals surface area contributed by atoms with E-state index < -0.39 is 0 Å². The maximum Gasteiger partial charge on any atom is 0.0402 e. The first-order valence-electron chi connectivity index (χ1n) is 8.30. The van der Waals surface area contributed by atoms with Crippen molar-refractivity contribution in [3.63, 3.8) is 0 Å². The normalized spacial score (nSPS) is 19.1. The van der Waals surface area contributed by atoms with E-state index in [1.807, 2.05) is 0 Å². The van der Waals surface area contributed by atoms with E-state index in [9.17, 15) is 0 Å². The SMILES string of the molecule is CCCCCC(C)NCCN1c2ccccc2CC1C. The van der Waals surface area contributed by atoms with Crippen molar-refractivity contribution < 1.29 is 0 Å². The molecule has 0 spiro atoms. The number of hydrogen-bond donors (Lipinski definition) is 1. The summed E-state index contributed by atoms with van der Waals surface area (Å²) < 4.78 is 0. The lowest BCUT2D eigenvalue weighted by atomic mass is 10.1. The second-order valence-corrected chi connectivity index (χ2v) is 6.23. The Kier molecular flexibility index (Phi) is 5.90. The van der Waals surface area contributed by atoms with Gasteiger partial charge in [0.2, 0.25) is 0 Å². The van der Waals surface area contributed by atoms with Crippen molar-refractivity contribution in [1.82, 2.24) is 5.32 Å². The van der Waals surface area contributed by atoms with Crippen LogP contribution in [0.5, 0.6) is 0 Å². The zero-order valence-corrected chi connectivity index (χ0v) is 13.4. The first kappa shape index (κ1) is 15.4. The molecule has 0 saturated carbocycles.